The number of benzene rings is 2. The molecule has 0 saturated carbocycles. The summed E-state index contributed by atoms with van der Waals surface area (Å²) >= 11 is 0. The minimum atomic E-state index is -0.0443. The van der Waals surface area contributed by atoms with Crippen molar-refractivity contribution in [1.29, 1.82) is 0 Å². The molecule has 1 aromatic heterocycles. The van der Waals surface area contributed by atoms with Gasteiger partial charge in [0.25, 0.3) is 0 Å². The molecule has 0 bridgehead atoms. The number of ether oxygens (including phenoxy) is 2. The summed E-state index contributed by atoms with van der Waals surface area (Å²) < 4.78 is 11.5. The first-order chi connectivity index (χ1) is 20.2. The van der Waals surface area contributed by atoms with Crippen LogP contribution in [0.4, 0.5) is 16.2 Å². The van der Waals surface area contributed by atoms with Gasteiger partial charge in [-0.05, 0) is 81.6 Å². The van der Waals surface area contributed by atoms with E-state index in [4.69, 9.17) is 9.47 Å². The number of morpholine rings is 1. The number of aromatic nitrogens is 2. The van der Waals surface area contributed by atoms with Crippen molar-refractivity contribution in [2.45, 2.75) is 44.4 Å². The molecular formula is C32H42N6O3. The van der Waals surface area contributed by atoms with Crippen LogP contribution in [0, 0.1) is 0 Å². The van der Waals surface area contributed by atoms with Crippen molar-refractivity contribution >= 4 is 28.3 Å². The minimum absolute atomic E-state index is 0.0443. The highest BCUT2D eigenvalue weighted by atomic mass is 16.5. The smallest absolute Gasteiger partial charge is 0.321 e. The van der Waals surface area contributed by atoms with Gasteiger partial charge in [0, 0.05) is 61.5 Å². The summed E-state index contributed by atoms with van der Waals surface area (Å²) in [6, 6.07) is 14.2. The number of fused-ring (bicyclic) bond motifs is 1. The summed E-state index contributed by atoms with van der Waals surface area (Å²) in [6.07, 6.45) is 8.48. The van der Waals surface area contributed by atoms with E-state index in [-0.39, 0.29) is 6.03 Å². The monoisotopic (exact) mass is 558 g/mol. The Bertz CT molecular complexity index is 1280. The normalized spacial score (nSPS) is 18.9. The second-order valence-electron chi connectivity index (χ2n) is 11.4. The quantitative estimate of drug-likeness (QED) is 0.384. The highest BCUT2D eigenvalue weighted by molar-refractivity contribution is 5.89. The molecule has 9 nitrogen and oxygen atoms in total. The van der Waals surface area contributed by atoms with Gasteiger partial charge in [0.1, 0.15) is 12.1 Å². The fraction of sp³-hybridized carbons (Fsp3) is 0.531. The van der Waals surface area contributed by atoms with E-state index in [0.717, 1.165) is 92.4 Å². The summed E-state index contributed by atoms with van der Waals surface area (Å²) in [5.41, 5.74) is 3.98. The molecule has 0 atom stereocenters. The number of carbonyl (C=O) groups excluding carboxylic acids is 1. The standard InChI is InChI=1S/C32H42N6O3/c39-32(35-26-5-7-27(8-6-26)37-18-21-40-22-19-37)38-16-11-25(12-17-38)31-29-10-9-28(23-30(29)33-24-34-31)41-20-4-15-36-13-2-1-3-14-36/h5-10,23-25H,1-4,11-22H2,(H,35,39). The predicted molar refractivity (Wildman–Crippen MR) is 162 cm³/mol. The summed E-state index contributed by atoms with van der Waals surface area (Å²) in [7, 11) is 0. The van der Waals surface area contributed by atoms with Crippen molar-refractivity contribution < 1.29 is 14.3 Å². The molecule has 3 aromatic rings. The largest absolute Gasteiger partial charge is 0.493 e. The number of amides is 2. The molecule has 1 N–H and O–H groups in total. The van der Waals surface area contributed by atoms with Gasteiger partial charge >= 0.3 is 6.03 Å². The van der Waals surface area contributed by atoms with Gasteiger partial charge in [-0.25, -0.2) is 14.8 Å². The number of carbonyl (C=O) groups is 1. The van der Waals surface area contributed by atoms with Gasteiger partial charge < -0.3 is 29.5 Å². The van der Waals surface area contributed by atoms with Gasteiger partial charge in [0.15, 0.2) is 0 Å². The number of anilines is 2. The van der Waals surface area contributed by atoms with Crippen LogP contribution < -0.4 is 15.0 Å². The van der Waals surface area contributed by atoms with E-state index >= 15 is 0 Å². The zero-order valence-electron chi connectivity index (χ0n) is 24.0. The molecule has 0 spiro atoms. The number of piperidine rings is 2. The van der Waals surface area contributed by atoms with Gasteiger partial charge in [-0.3, -0.25) is 0 Å². The van der Waals surface area contributed by atoms with Crippen LogP contribution in [-0.2, 0) is 4.74 Å². The first kappa shape index (κ1) is 27.7. The second-order valence-corrected chi connectivity index (χ2v) is 11.4. The number of nitrogens with one attached hydrogen (secondary N) is 1. The SMILES string of the molecule is O=C(Nc1ccc(N2CCOCC2)cc1)N1CCC(c2ncnc3cc(OCCCN4CCCCC4)ccc23)CC1. The average Bonchev–Trinajstić information content (AvgIpc) is 3.04. The van der Waals surface area contributed by atoms with Crippen LogP contribution in [0.15, 0.2) is 48.8 Å². The Morgan fingerprint density at radius 1 is 0.927 bits per heavy atom. The Kier molecular flexibility index (Phi) is 9.12. The Labute approximate surface area is 242 Å². The molecule has 0 unspecified atom stereocenters. The Hall–Kier alpha value is -3.43. The van der Waals surface area contributed by atoms with Crippen LogP contribution in [0.25, 0.3) is 10.9 Å². The maximum Gasteiger partial charge on any atom is 0.321 e. The van der Waals surface area contributed by atoms with Gasteiger partial charge in [-0.2, -0.15) is 0 Å². The molecule has 2 aromatic carbocycles. The molecule has 3 saturated heterocycles. The molecule has 3 aliphatic heterocycles. The molecule has 6 rings (SSSR count). The van der Waals surface area contributed by atoms with Crippen LogP contribution in [0.1, 0.15) is 50.1 Å². The van der Waals surface area contributed by atoms with Gasteiger partial charge in [0.2, 0.25) is 0 Å². The first-order valence-corrected chi connectivity index (χ1v) is 15.3. The van der Waals surface area contributed by atoms with E-state index in [1.54, 1.807) is 6.33 Å². The summed E-state index contributed by atoms with van der Waals surface area (Å²) in [4.78, 5) is 29.0. The van der Waals surface area contributed by atoms with E-state index in [9.17, 15) is 4.79 Å². The van der Waals surface area contributed by atoms with Gasteiger partial charge in [-0.1, -0.05) is 6.42 Å². The van der Waals surface area contributed by atoms with E-state index in [1.165, 1.54) is 32.4 Å². The molecule has 4 heterocycles. The van der Waals surface area contributed by atoms with E-state index in [2.05, 4.69) is 43.3 Å². The minimum Gasteiger partial charge on any atom is -0.493 e. The summed E-state index contributed by atoms with van der Waals surface area (Å²) in [6.45, 7) is 8.99. The third kappa shape index (κ3) is 7.08. The highest BCUT2D eigenvalue weighted by Gasteiger charge is 2.26. The van der Waals surface area contributed by atoms with Gasteiger partial charge in [-0.15, -0.1) is 0 Å². The first-order valence-electron chi connectivity index (χ1n) is 15.3. The van der Waals surface area contributed by atoms with Crippen LogP contribution in [0.3, 0.4) is 0 Å². The van der Waals surface area contributed by atoms with Crippen molar-refractivity contribution in [3.63, 3.8) is 0 Å². The molecule has 0 radical (unpaired) electrons. The van der Waals surface area contributed by atoms with E-state index in [0.29, 0.717) is 19.0 Å². The van der Waals surface area contributed by atoms with Gasteiger partial charge in [0.05, 0.1) is 31.0 Å². The second kappa shape index (κ2) is 13.5. The van der Waals surface area contributed by atoms with E-state index < -0.39 is 0 Å². The van der Waals surface area contributed by atoms with Crippen LogP contribution in [-0.4, -0.2) is 91.4 Å². The molecule has 2 amide bonds. The van der Waals surface area contributed by atoms with Crippen LogP contribution in [0.2, 0.25) is 0 Å². The Balaban J connectivity index is 0.994. The van der Waals surface area contributed by atoms with Crippen molar-refractivity contribution in [3.8, 4) is 5.75 Å². The fourth-order valence-corrected chi connectivity index (χ4v) is 6.27. The van der Waals surface area contributed by atoms with Crippen LogP contribution >= 0.6 is 0 Å². The molecule has 3 aliphatic rings. The Morgan fingerprint density at radius 3 is 2.49 bits per heavy atom. The number of likely N-dealkylation sites (tertiary alicyclic amines) is 2. The lowest BCUT2D eigenvalue weighted by molar-refractivity contribution is 0.122. The predicted octanol–water partition coefficient (Wildman–Crippen LogP) is 5.13. The zero-order chi connectivity index (χ0) is 27.9. The molecule has 218 valence electrons. The lowest BCUT2D eigenvalue weighted by Crippen LogP contribution is -2.40. The lowest BCUT2D eigenvalue weighted by Gasteiger charge is -2.32. The molecule has 0 aliphatic carbocycles. The highest BCUT2D eigenvalue weighted by Crippen LogP contribution is 2.32. The third-order valence-corrected chi connectivity index (χ3v) is 8.64. The maximum atomic E-state index is 13.0. The topological polar surface area (TPSA) is 83.1 Å². The lowest BCUT2D eigenvalue weighted by atomic mass is 9.91. The van der Waals surface area contributed by atoms with Crippen LogP contribution in [0.5, 0.6) is 5.75 Å². The average molecular weight is 559 g/mol. The number of rotatable bonds is 8. The molecule has 41 heavy (non-hydrogen) atoms. The number of nitrogens with zero attached hydrogens (tertiary/aromatic N) is 5. The van der Waals surface area contributed by atoms with Crippen molar-refractivity contribution in [1.82, 2.24) is 19.8 Å². The van der Waals surface area contributed by atoms with Crippen molar-refractivity contribution in [2.75, 3.05) is 75.9 Å². The summed E-state index contributed by atoms with van der Waals surface area (Å²) in [5.74, 6) is 1.17. The number of urea groups is 1. The molecule has 9 heteroatoms. The molecular weight excluding hydrogens is 516 g/mol. The zero-order valence-corrected chi connectivity index (χ0v) is 24.0. The maximum absolute atomic E-state index is 13.0. The third-order valence-electron chi connectivity index (χ3n) is 8.64. The fourth-order valence-electron chi connectivity index (χ4n) is 6.27. The summed E-state index contributed by atoms with van der Waals surface area (Å²) in [5, 5.41) is 4.15. The number of hydrogen-bond acceptors (Lipinski definition) is 7. The van der Waals surface area contributed by atoms with E-state index in [1.807, 2.05) is 29.2 Å². The number of hydrogen-bond donors (Lipinski definition) is 1. The van der Waals surface area contributed by atoms with Crippen molar-refractivity contribution in [3.05, 3.63) is 54.5 Å². The molecule has 3 fully saturated rings. The Morgan fingerprint density at radius 2 is 1.71 bits per heavy atom. The van der Waals surface area contributed by atoms with Crippen molar-refractivity contribution in [2.24, 2.45) is 0 Å².